The number of nitrogens with zero attached hydrogens (tertiary/aromatic N) is 6. The van der Waals surface area contributed by atoms with Gasteiger partial charge in [0.15, 0.2) is 6.61 Å². The second-order valence-electron chi connectivity index (χ2n) is 9.04. The Bertz CT molecular complexity index is 1650. The van der Waals surface area contributed by atoms with Crippen LogP contribution in [-0.2, 0) is 27.7 Å². The van der Waals surface area contributed by atoms with Crippen LogP contribution in [0.2, 0.25) is 0 Å². The van der Waals surface area contributed by atoms with Crippen LogP contribution in [0.25, 0.3) is 4.96 Å². The van der Waals surface area contributed by atoms with E-state index in [9.17, 15) is 13.2 Å². The summed E-state index contributed by atoms with van der Waals surface area (Å²) in [5, 5.41) is 5.35. The third kappa shape index (κ3) is 5.05. The standard InChI is InChI=1S/C24H26FN7O4S2/c1-5-16-18(6-7-19(27-16)30-38(4,34)35)36-12-20(33)31-9-8-17-22(32-24(28-17)37-14(3)29-32)23(31)21-15(25)10-13(2)11-26-21/h6-7,10-11,23H,5,8-9,12H2,1-4H3,(H,27,30)/t23-/m0/s1. The molecule has 0 saturated heterocycles. The molecule has 0 bridgehead atoms. The lowest BCUT2D eigenvalue weighted by atomic mass is 9.98. The number of ether oxygens (including phenoxy) is 1. The third-order valence-corrected chi connectivity index (χ3v) is 7.47. The quantitative estimate of drug-likeness (QED) is 0.366. The van der Waals surface area contributed by atoms with Crippen molar-refractivity contribution < 1.29 is 22.3 Å². The van der Waals surface area contributed by atoms with Gasteiger partial charge in [-0.2, -0.15) is 5.10 Å². The van der Waals surface area contributed by atoms with Crippen molar-refractivity contribution in [1.82, 2.24) is 29.5 Å². The van der Waals surface area contributed by atoms with Gasteiger partial charge in [-0.1, -0.05) is 18.3 Å². The summed E-state index contributed by atoms with van der Waals surface area (Å²) in [4.78, 5) is 29.1. The highest BCUT2D eigenvalue weighted by atomic mass is 32.2. The summed E-state index contributed by atoms with van der Waals surface area (Å²) in [6, 6.07) is 3.59. The highest BCUT2D eigenvalue weighted by Crippen LogP contribution is 2.37. The Morgan fingerprint density at radius 1 is 1.29 bits per heavy atom. The van der Waals surface area contributed by atoms with E-state index in [0.717, 1.165) is 17.0 Å². The van der Waals surface area contributed by atoms with E-state index in [1.165, 1.54) is 23.5 Å². The number of carbonyl (C=O) groups excluding carboxylic acids is 1. The van der Waals surface area contributed by atoms with E-state index in [4.69, 9.17) is 4.74 Å². The molecule has 38 heavy (non-hydrogen) atoms. The zero-order chi connectivity index (χ0) is 27.2. The number of imidazole rings is 1. The molecule has 0 fully saturated rings. The lowest BCUT2D eigenvalue weighted by Crippen LogP contribution is -2.44. The number of aromatic nitrogens is 5. The minimum atomic E-state index is -3.49. The molecule has 0 saturated carbocycles. The molecule has 200 valence electrons. The SMILES string of the molecule is CCc1nc(NS(C)(=O)=O)ccc1OCC(=O)N1CCc2nc3sc(C)nn3c2[C@@H]1c1ncc(C)cc1F. The predicted molar refractivity (Wildman–Crippen MR) is 139 cm³/mol. The number of carbonyl (C=O) groups is 1. The molecule has 4 aromatic rings. The van der Waals surface area contributed by atoms with Gasteiger partial charge in [0.25, 0.3) is 5.91 Å². The number of anilines is 1. The summed E-state index contributed by atoms with van der Waals surface area (Å²) < 4.78 is 48.2. The number of nitrogens with one attached hydrogen (secondary N) is 1. The Morgan fingerprint density at radius 2 is 2.08 bits per heavy atom. The van der Waals surface area contributed by atoms with Crippen molar-refractivity contribution in [3.8, 4) is 5.75 Å². The minimum absolute atomic E-state index is 0.115. The Kier molecular flexibility index (Phi) is 6.77. The normalized spacial score (nSPS) is 15.5. The van der Waals surface area contributed by atoms with E-state index in [2.05, 4.69) is 24.8 Å². The Balaban J connectivity index is 1.46. The number of rotatable bonds is 7. The Hall–Kier alpha value is -3.65. The fourth-order valence-corrected chi connectivity index (χ4v) is 5.76. The van der Waals surface area contributed by atoms with Gasteiger partial charge in [-0.15, -0.1) is 0 Å². The van der Waals surface area contributed by atoms with E-state index in [1.807, 2.05) is 13.8 Å². The molecule has 1 atom stereocenters. The topological polar surface area (TPSA) is 132 Å². The van der Waals surface area contributed by atoms with Crippen molar-refractivity contribution in [3.63, 3.8) is 0 Å². The van der Waals surface area contributed by atoms with Gasteiger partial charge in [-0.3, -0.25) is 14.5 Å². The molecular formula is C24H26FN7O4S2. The van der Waals surface area contributed by atoms with Crippen LogP contribution in [0, 0.1) is 19.7 Å². The van der Waals surface area contributed by atoms with Crippen LogP contribution < -0.4 is 9.46 Å². The van der Waals surface area contributed by atoms with E-state index in [0.29, 0.717) is 47.0 Å². The van der Waals surface area contributed by atoms with Gasteiger partial charge in [0.1, 0.15) is 34.1 Å². The number of pyridine rings is 2. The summed E-state index contributed by atoms with van der Waals surface area (Å²) in [6.45, 7) is 5.43. The van der Waals surface area contributed by atoms with Crippen LogP contribution in [0.1, 0.15) is 46.3 Å². The first-order chi connectivity index (χ1) is 18.0. The summed E-state index contributed by atoms with van der Waals surface area (Å²) in [5.74, 6) is -0.369. The minimum Gasteiger partial charge on any atom is -0.482 e. The number of amides is 1. The Morgan fingerprint density at radius 3 is 2.79 bits per heavy atom. The molecular weight excluding hydrogens is 533 g/mol. The maximum atomic E-state index is 15.2. The monoisotopic (exact) mass is 559 g/mol. The summed E-state index contributed by atoms with van der Waals surface area (Å²) in [5.41, 5.74) is 2.65. The average Bonchev–Trinajstić information content (AvgIpc) is 3.37. The number of fused-ring (bicyclic) bond motifs is 3. The van der Waals surface area contributed by atoms with Gasteiger partial charge >= 0.3 is 0 Å². The molecule has 1 aliphatic heterocycles. The predicted octanol–water partition coefficient (Wildman–Crippen LogP) is 2.82. The molecule has 5 rings (SSSR count). The van der Waals surface area contributed by atoms with Crippen molar-refractivity contribution in [1.29, 1.82) is 0 Å². The maximum Gasteiger partial charge on any atom is 0.261 e. The molecule has 1 amide bonds. The van der Waals surface area contributed by atoms with Crippen LogP contribution in [0.5, 0.6) is 5.75 Å². The molecule has 14 heteroatoms. The van der Waals surface area contributed by atoms with E-state index in [1.54, 1.807) is 28.6 Å². The first-order valence-corrected chi connectivity index (χ1v) is 14.6. The molecule has 1 aliphatic rings. The summed E-state index contributed by atoms with van der Waals surface area (Å²) >= 11 is 1.42. The van der Waals surface area contributed by atoms with Crippen LogP contribution in [-0.4, -0.2) is 63.2 Å². The van der Waals surface area contributed by atoms with Crippen molar-refractivity contribution in [2.45, 2.75) is 39.7 Å². The molecule has 0 aliphatic carbocycles. The lowest BCUT2D eigenvalue weighted by Gasteiger charge is -2.35. The zero-order valence-electron chi connectivity index (χ0n) is 21.2. The van der Waals surface area contributed by atoms with Gasteiger partial charge < -0.3 is 9.64 Å². The molecule has 5 heterocycles. The van der Waals surface area contributed by atoms with Crippen LogP contribution in [0.3, 0.4) is 0 Å². The van der Waals surface area contributed by atoms with Gasteiger partial charge in [-0.05, 0) is 44.0 Å². The van der Waals surface area contributed by atoms with Gasteiger partial charge in [0.05, 0.1) is 23.3 Å². The average molecular weight is 560 g/mol. The fourth-order valence-electron chi connectivity index (χ4n) is 4.50. The van der Waals surface area contributed by atoms with Crippen molar-refractivity contribution >= 4 is 38.0 Å². The number of aryl methyl sites for hydroxylation is 3. The van der Waals surface area contributed by atoms with Gasteiger partial charge in [-0.25, -0.2) is 27.3 Å². The smallest absolute Gasteiger partial charge is 0.261 e. The van der Waals surface area contributed by atoms with E-state index < -0.39 is 21.9 Å². The lowest BCUT2D eigenvalue weighted by molar-refractivity contribution is -0.135. The molecule has 0 aromatic carbocycles. The van der Waals surface area contributed by atoms with E-state index >= 15 is 4.39 Å². The van der Waals surface area contributed by atoms with Crippen LogP contribution >= 0.6 is 11.3 Å². The Labute approximate surface area is 222 Å². The van der Waals surface area contributed by atoms with Crippen molar-refractivity contribution in [2.24, 2.45) is 0 Å². The number of hydrogen-bond donors (Lipinski definition) is 1. The van der Waals surface area contributed by atoms with Crippen molar-refractivity contribution in [2.75, 3.05) is 24.1 Å². The highest BCUT2D eigenvalue weighted by molar-refractivity contribution is 7.92. The second kappa shape index (κ2) is 9.91. The number of hydrogen-bond acceptors (Lipinski definition) is 9. The molecule has 0 unspecified atom stereocenters. The second-order valence-corrected chi connectivity index (χ2v) is 11.9. The molecule has 11 nitrogen and oxygen atoms in total. The van der Waals surface area contributed by atoms with Gasteiger partial charge in [0.2, 0.25) is 15.0 Å². The van der Waals surface area contributed by atoms with Crippen LogP contribution in [0.4, 0.5) is 10.2 Å². The largest absolute Gasteiger partial charge is 0.482 e. The molecule has 0 spiro atoms. The molecule has 0 radical (unpaired) electrons. The third-order valence-electron chi connectivity index (χ3n) is 6.07. The maximum absolute atomic E-state index is 15.2. The zero-order valence-corrected chi connectivity index (χ0v) is 22.9. The summed E-state index contributed by atoms with van der Waals surface area (Å²) in [7, 11) is -3.49. The first-order valence-electron chi connectivity index (χ1n) is 11.9. The number of sulfonamides is 1. The highest BCUT2D eigenvalue weighted by Gasteiger charge is 2.39. The summed E-state index contributed by atoms with van der Waals surface area (Å²) in [6.07, 6.45) is 3.54. The van der Waals surface area contributed by atoms with Crippen LogP contribution in [0.15, 0.2) is 24.4 Å². The van der Waals surface area contributed by atoms with Gasteiger partial charge in [0, 0.05) is 19.2 Å². The fraction of sp³-hybridized carbons (Fsp3) is 0.375. The number of halogens is 1. The molecule has 4 aromatic heterocycles. The first kappa shape index (κ1) is 26.0. The molecule has 1 N–H and O–H groups in total. The van der Waals surface area contributed by atoms with E-state index in [-0.39, 0.29) is 24.0 Å². The van der Waals surface area contributed by atoms with Crippen molar-refractivity contribution in [3.05, 3.63) is 63.6 Å².